The molecule has 0 bridgehead atoms. The van der Waals surface area contributed by atoms with Gasteiger partial charge in [0.2, 0.25) is 5.24 Å². The van der Waals surface area contributed by atoms with Gasteiger partial charge in [0, 0.05) is 25.7 Å². The third-order valence-electron chi connectivity index (χ3n) is 6.82. The minimum atomic E-state index is -0.358. The summed E-state index contributed by atoms with van der Waals surface area (Å²) in [7, 11) is 1.58. The van der Waals surface area contributed by atoms with Crippen LogP contribution in [0.2, 0.25) is 0 Å². The molecule has 42 heavy (non-hydrogen) atoms. The number of carbonyl (C=O) groups is 2. The zero-order chi connectivity index (χ0) is 29.7. The molecule has 0 amide bonds. The summed E-state index contributed by atoms with van der Waals surface area (Å²) in [6.07, 6.45) is 5.80. The molecule has 2 aliphatic rings. The van der Waals surface area contributed by atoms with Gasteiger partial charge >= 0.3 is 0 Å². The van der Waals surface area contributed by atoms with Crippen LogP contribution in [-0.2, 0) is 27.1 Å². The van der Waals surface area contributed by atoms with E-state index in [-0.39, 0.29) is 47.8 Å². The van der Waals surface area contributed by atoms with Gasteiger partial charge in [0.25, 0.3) is 0 Å². The quantitative estimate of drug-likeness (QED) is 0.206. The summed E-state index contributed by atoms with van der Waals surface area (Å²) in [6.45, 7) is 1.39. The zero-order valence-corrected chi connectivity index (χ0v) is 24.5. The lowest BCUT2D eigenvalue weighted by atomic mass is 10.0. The third kappa shape index (κ3) is 10.0. The van der Waals surface area contributed by atoms with Crippen LogP contribution in [0.1, 0.15) is 60.0 Å². The fraction of sp³-hybridized carbons (Fsp3) is 0.394. The highest BCUT2D eigenvalue weighted by Crippen LogP contribution is 2.28. The summed E-state index contributed by atoms with van der Waals surface area (Å²) in [5, 5.41) is 9.85. The standard InChI is InChI=1S/C24H28O6.C9H9ClO2/c25-21-11-10-19(30-24-9-2-4-13-28-24)16-20(21)22(26)15-17-6-5-7-18(14-17)29-23-8-1-3-12-27-23;1-12-8-4-2-3-7(5-8)6-9(10)11/h5-7,10-11,14,16,23-25H,1-4,8-9,12-13,15H2;2-5H,6H2,1H3. The van der Waals surface area contributed by atoms with Gasteiger partial charge < -0.3 is 28.8 Å². The van der Waals surface area contributed by atoms with Crippen molar-refractivity contribution in [3.05, 3.63) is 83.4 Å². The molecule has 0 radical (unpaired) electrons. The molecule has 8 nitrogen and oxygen atoms in total. The molecule has 0 aliphatic carbocycles. The van der Waals surface area contributed by atoms with Crippen LogP contribution < -0.4 is 14.2 Å². The van der Waals surface area contributed by atoms with Gasteiger partial charge in [-0.25, -0.2) is 0 Å². The third-order valence-corrected chi connectivity index (χ3v) is 6.95. The monoisotopic (exact) mass is 596 g/mol. The first-order valence-electron chi connectivity index (χ1n) is 14.2. The number of ether oxygens (including phenoxy) is 5. The number of Topliss-reactive ketones (excluding diaryl/α,β-unsaturated/α-hetero) is 1. The highest BCUT2D eigenvalue weighted by atomic mass is 35.5. The van der Waals surface area contributed by atoms with Crippen molar-refractivity contribution >= 4 is 22.6 Å². The van der Waals surface area contributed by atoms with Gasteiger partial charge in [-0.05, 0) is 90.9 Å². The molecule has 5 rings (SSSR count). The molecule has 224 valence electrons. The van der Waals surface area contributed by atoms with Crippen LogP contribution in [0.3, 0.4) is 0 Å². The van der Waals surface area contributed by atoms with Crippen molar-refractivity contribution in [3.63, 3.8) is 0 Å². The van der Waals surface area contributed by atoms with E-state index in [1.54, 1.807) is 25.3 Å². The Hall–Kier alpha value is -3.59. The van der Waals surface area contributed by atoms with Gasteiger partial charge in [0.1, 0.15) is 23.0 Å². The lowest BCUT2D eigenvalue weighted by Gasteiger charge is -2.24. The number of aromatic hydroxyl groups is 1. The molecule has 2 atom stereocenters. The predicted molar refractivity (Wildman–Crippen MR) is 159 cm³/mol. The maximum absolute atomic E-state index is 12.9. The van der Waals surface area contributed by atoms with Crippen molar-refractivity contribution in [2.45, 2.75) is 63.9 Å². The molecule has 2 unspecified atom stereocenters. The van der Waals surface area contributed by atoms with Gasteiger partial charge in [0.15, 0.2) is 18.4 Å². The zero-order valence-electron chi connectivity index (χ0n) is 23.8. The molecule has 0 spiro atoms. The van der Waals surface area contributed by atoms with E-state index >= 15 is 0 Å². The van der Waals surface area contributed by atoms with Crippen molar-refractivity contribution in [3.8, 4) is 23.0 Å². The predicted octanol–water partition coefficient (Wildman–Crippen LogP) is 6.63. The number of ketones is 1. The van der Waals surface area contributed by atoms with Crippen LogP contribution >= 0.6 is 11.6 Å². The molecule has 2 aliphatic heterocycles. The van der Waals surface area contributed by atoms with Crippen molar-refractivity contribution in [2.75, 3.05) is 20.3 Å². The maximum atomic E-state index is 12.9. The highest BCUT2D eigenvalue weighted by molar-refractivity contribution is 6.63. The fourth-order valence-electron chi connectivity index (χ4n) is 4.68. The number of phenolic OH excluding ortho intramolecular Hbond substituents is 1. The molecule has 0 aromatic heterocycles. The average molecular weight is 597 g/mol. The number of halogens is 1. The van der Waals surface area contributed by atoms with Gasteiger partial charge in [-0.3, -0.25) is 9.59 Å². The summed E-state index contributed by atoms with van der Waals surface area (Å²) in [5.74, 6) is 1.71. The van der Waals surface area contributed by atoms with Crippen LogP contribution in [0, 0.1) is 0 Å². The van der Waals surface area contributed by atoms with Crippen molar-refractivity contribution < 1.29 is 38.4 Å². The normalized spacial score (nSPS) is 18.2. The Bertz CT molecular complexity index is 1310. The molecular weight excluding hydrogens is 560 g/mol. The van der Waals surface area contributed by atoms with E-state index in [9.17, 15) is 14.7 Å². The Morgan fingerprint density at radius 2 is 1.36 bits per heavy atom. The van der Waals surface area contributed by atoms with Gasteiger partial charge in [0.05, 0.1) is 25.9 Å². The Kier molecular flexibility index (Phi) is 12.1. The summed E-state index contributed by atoms with van der Waals surface area (Å²) in [4.78, 5) is 23.4. The SMILES string of the molecule is COc1cccc(CC(=O)Cl)c1.O=C(Cc1cccc(OC2CCCCO2)c1)c1cc(OC2CCCCO2)ccc1O. The minimum Gasteiger partial charge on any atom is -0.507 e. The first-order valence-corrected chi connectivity index (χ1v) is 14.6. The van der Waals surface area contributed by atoms with Crippen LogP contribution in [0.15, 0.2) is 66.7 Å². The topological polar surface area (TPSA) is 101 Å². The highest BCUT2D eigenvalue weighted by Gasteiger charge is 2.19. The smallest absolute Gasteiger partial charge is 0.226 e. The van der Waals surface area contributed by atoms with Gasteiger partial charge in [-0.2, -0.15) is 0 Å². The number of phenols is 1. The van der Waals surface area contributed by atoms with Crippen LogP contribution in [0.5, 0.6) is 23.0 Å². The number of hydrogen-bond acceptors (Lipinski definition) is 8. The maximum Gasteiger partial charge on any atom is 0.226 e. The van der Waals surface area contributed by atoms with Crippen molar-refractivity contribution in [1.82, 2.24) is 0 Å². The average Bonchev–Trinajstić information content (AvgIpc) is 2.99. The molecule has 2 saturated heterocycles. The Morgan fingerprint density at radius 1 is 0.786 bits per heavy atom. The molecule has 2 heterocycles. The second-order valence-electron chi connectivity index (χ2n) is 10.1. The Morgan fingerprint density at radius 3 is 1.93 bits per heavy atom. The second kappa shape index (κ2) is 16.2. The van der Waals surface area contributed by atoms with E-state index in [0.29, 0.717) is 24.7 Å². The summed E-state index contributed by atoms with van der Waals surface area (Å²) in [6, 6.07) is 19.5. The Balaban J connectivity index is 0.000000283. The van der Waals surface area contributed by atoms with E-state index in [2.05, 4.69) is 0 Å². The Labute approximate surface area is 251 Å². The summed E-state index contributed by atoms with van der Waals surface area (Å²) in [5.41, 5.74) is 1.93. The molecular formula is C33H37ClO8. The number of benzene rings is 3. The molecule has 3 aromatic rings. The van der Waals surface area contributed by atoms with E-state index < -0.39 is 0 Å². The van der Waals surface area contributed by atoms with E-state index in [1.807, 2.05) is 42.5 Å². The van der Waals surface area contributed by atoms with E-state index in [0.717, 1.165) is 55.4 Å². The first kappa shape index (κ1) is 31.3. The molecule has 0 saturated carbocycles. The van der Waals surface area contributed by atoms with Gasteiger partial charge in [-0.1, -0.05) is 24.3 Å². The lowest BCUT2D eigenvalue weighted by molar-refractivity contribution is -0.111. The number of rotatable bonds is 10. The van der Waals surface area contributed by atoms with E-state index in [1.165, 1.54) is 6.07 Å². The molecule has 9 heteroatoms. The van der Waals surface area contributed by atoms with Crippen LogP contribution in [-0.4, -0.2) is 49.0 Å². The number of methoxy groups -OCH3 is 1. The fourth-order valence-corrected chi connectivity index (χ4v) is 4.83. The van der Waals surface area contributed by atoms with Crippen LogP contribution in [0.25, 0.3) is 0 Å². The molecule has 1 N–H and O–H groups in total. The summed E-state index contributed by atoms with van der Waals surface area (Å²) >= 11 is 5.23. The van der Waals surface area contributed by atoms with Crippen LogP contribution in [0.4, 0.5) is 0 Å². The molecule has 3 aromatic carbocycles. The largest absolute Gasteiger partial charge is 0.507 e. The first-order chi connectivity index (χ1) is 20.4. The summed E-state index contributed by atoms with van der Waals surface area (Å²) < 4.78 is 27.9. The van der Waals surface area contributed by atoms with Crippen molar-refractivity contribution in [1.29, 1.82) is 0 Å². The lowest BCUT2D eigenvalue weighted by Crippen LogP contribution is -2.25. The number of carbonyl (C=O) groups excluding carboxylic acids is 2. The minimum absolute atomic E-state index is 0.0556. The molecule has 2 fully saturated rings. The van der Waals surface area contributed by atoms with Gasteiger partial charge in [-0.15, -0.1) is 0 Å². The van der Waals surface area contributed by atoms with Crippen molar-refractivity contribution in [2.24, 2.45) is 0 Å². The number of hydrogen-bond donors (Lipinski definition) is 1. The van der Waals surface area contributed by atoms with E-state index in [4.69, 9.17) is 35.3 Å². The second-order valence-corrected chi connectivity index (χ2v) is 10.6.